The number of thioether (sulfide) groups is 1. The van der Waals surface area contributed by atoms with Crippen LogP contribution in [0.3, 0.4) is 0 Å². The largest absolute Gasteiger partial charge is 0.494 e. The summed E-state index contributed by atoms with van der Waals surface area (Å²) in [6, 6.07) is 8.38. The summed E-state index contributed by atoms with van der Waals surface area (Å²) < 4.78 is 77.7. The number of aliphatic hydroxyl groups is 1. The molecule has 5 rings (SSSR count). The van der Waals surface area contributed by atoms with Gasteiger partial charge in [-0.15, -0.1) is 0 Å². The topological polar surface area (TPSA) is 76.1 Å². The van der Waals surface area contributed by atoms with Crippen LogP contribution in [-0.2, 0) is 11.0 Å². The number of benzene rings is 2. The third-order valence-corrected chi connectivity index (χ3v) is 6.91. The highest BCUT2D eigenvalue weighted by Gasteiger charge is 2.45. The quantitative estimate of drug-likeness (QED) is 0.271. The fourth-order valence-electron chi connectivity index (χ4n) is 4.00. The first-order chi connectivity index (χ1) is 17.0. The summed E-state index contributed by atoms with van der Waals surface area (Å²) in [6.07, 6.45) is -4.06. The smallest absolute Gasteiger partial charge is 0.434 e. The number of hydrogen-bond donors (Lipinski definition) is 2. The van der Waals surface area contributed by atoms with Crippen LogP contribution < -0.4 is 5.32 Å². The zero-order chi connectivity index (χ0) is 25.8. The zero-order valence-corrected chi connectivity index (χ0v) is 19.6. The molecule has 0 unspecified atom stereocenters. The van der Waals surface area contributed by atoms with E-state index in [-0.39, 0.29) is 39.2 Å². The van der Waals surface area contributed by atoms with E-state index in [1.54, 1.807) is 6.92 Å². The van der Waals surface area contributed by atoms with E-state index in [2.05, 4.69) is 15.6 Å². The second-order valence-corrected chi connectivity index (χ2v) is 9.60. The summed E-state index contributed by atoms with van der Waals surface area (Å²) in [7, 11) is 0. The van der Waals surface area contributed by atoms with Gasteiger partial charge in [0.2, 0.25) is 0 Å². The Morgan fingerprint density at radius 2 is 1.92 bits per heavy atom. The summed E-state index contributed by atoms with van der Waals surface area (Å²) in [5, 5.41) is 21.8. The first-order valence-electron chi connectivity index (χ1n) is 10.2. The number of aliphatic hydroxyl groups excluding tert-OH is 1. The van der Waals surface area contributed by atoms with Gasteiger partial charge in [0.1, 0.15) is 22.2 Å². The van der Waals surface area contributed by atoms with E-state index in [0.29, 0.717) is 4.68 Å². The Morgan fingerprint density at radius 1 is 1.17 bits per heavy atom. The van der Waals surface area contributed by atoms with Gasteiger partial charge in [-0.05, 0) is 37.3 Å². The fourth-order valence-corrected chi connectivity index (χ4v) is 5.13. The first-order valence-corrected chi connectivity index (χ1v) is 11.5. The van der Waals surface area contributed by atoms with Gasteiger partial charge in [-0.1, -0.05) is 40.7 Å². The van der Waals surface area contributed by atoms with Gasteiger partial charge in [-0.2, -0.15) is 18.3 Å². The van der Waals surface area contributed by atoms with Crippen LogP contribution in [-0.4, -0.2) is 20.0 Å². The van der Waals surface area contributed by atoms with Gasteiger partial charge >= 0.3 is 6.18 Å². The van der Waals surface area contributed by atoms with Crippen LogP contribution in [0, 0.1) is 11.6 Å². The highest BCUT2D eigenvalue weighted by molar-refractivity contribution is 8.03. The molecule has 3 heterocycles. The van der Waals surface area contributed by atoms with E-state index in [0.717, 1.165) is 36.2 Å². The minimum absolute atomic E-state index is 0.0101. The van der Waals surface area contributed by atoms with Gasteiger partial charge in [-0.25, -0.2) is 13.5 Å². The Bertz CT molecular complexity index is 1500. The molecule has 2 N–H and O–H groups in total. The number of rotatable bonds is 4. The molecule has 4 aromatic rings. The molecule has 0 bridgehead atoms. The Kier molecular flexibility index (Phi) is 5.75. The van der Waals surface area contributed by atoms with Crippen LogP contribution in [0.2, 0.25) is 5.02 Å². The van der Waals surface area contributed by atoms with Crippen LogP contribution in [0.4, 0.5) is 22.0 Å². The monoisotopic (exact) mass is 540 g/mol. The third kappa shape index (κ3) is 3.99. The Balaban J connectivity index is 1.80. The van der Waals surface area contributed by atoms with Crippen molar-refractivity contribution in [3.8, 4) is 28.3 Å². The number of nitrogens with zero attached hydrogens (tertiary/aromatic N) is 3. The van der Waals surface area contributed by atoms with Gasteiger partial charge in [0.05, 0.1) is 33.6 Å². The average molecular weight is 541 g/mol. The lowest BCUT2D eigenvalue weighted by Gasteiger charge is -2.25. The summed E-state index contributed by atoms with van der Waals surface area (Å²) in [5.74, 6) is -2.18. The van der Waals surface area contributed by atoms with Gasteiger partial charge in [0.25, 0.3) is 0 Å². The molecule has 0 fully saturated rings. The molecular weight excluding hydrogens is 527 g/mol. The second kappa shape index (κ2) is 8.56. The summed E-state index contributed by atoms with van der Waals surface area (Å²) in [6.45, 7) is 1.55. The molecule has 1 aliphatic rings. The molecule has 0 saturated heterocycles. The van der Waals surface area contributed by atoms with E-state index in [9.17, 15) is 27.1 Å². The van der Waals surface area contributed by atoms with Crippen LogP contribution in [0.25, 0.3) is 28.3 Å². The van der Waals surface area contributed by atoms with E-state index in [4.69, 9.17) is 16.1 Å². The highest BCUT2D eigenvalue weighted by atomic mass is 35.5. The van der Waals surface area contributed by atoms with Crippen LogP contribution >= 0.6 is 23.4 Å². The van der Waals surface area contributed by atoms with Gasteiger partial charge in [-0.3, -0.25) is 0 Å². The molecule has 0 radical (unpaired) electrons. The van der Waals surface area contributed by atoms with Crippen molar-refractivity contribution < 1.29 is 31.6 Å². The average Bonchev–Trinajstić information content (AvgIpc) is 3.50. The lowest BCUT2D eigenvalue weighted by atomic mass is 9.96. The molecule has 0 aliphatic carbocycles. The number of alkyl halides is 3. The van der Waals surface area contributed by atoms with Gasteiger partial charge < -0.3 is 14.9 Å². The van der Waals surface area contributed by atoms with Crippen molar-refractivity contribution in [1.82, 2.24) is 20.3 Å². The fraction of sp³-hybridized carbons (Fsp3) is 0.130. The molecule has 186 valence electrons. The lowest BCUT2D eigenvalue weighted by molar-refractivity contribution is -0.142. The summed E-state index contributed by atoms with van der Waals surface area (Å²) >= 11 is 7.24. The Morgan fingerprint density at radius 3 is 2.56 bits per heavy atom. The van der Waals surface area contributed by atoms with E-state index >= 15 is 0 Å². The number of nitrogens with one attached hydrogen (secondary N) is 1. The zero-order valence-electron chi connectivity index (χ0n) is 18.1. The Labute approximate surface area is 209 Å². The summed E-state index contributed by atoms with van der Waals surface area (Å²) in [4.78, 5) is -1.33. The maximum absolute atomic E-state index is 14.9. The van der Waals surface area contributed by atoms with Crippen molar-refractivity contribution in [1.29, 1.82) is 0 Å². The normalized spacial score (nSPS) is 17.8. The van der Waals surface area contributed by atoms with Gasteiger partial charge in [0, 0.05) is 5.41 Å². The lowest BCUT2D eigenvalue weighted by Crippen LogP contribution is -2.32. The van der Waals surface area contributed by atoms with E-state index < -0.39 is 33.9 Å². The predicted octanol–water partition coefficient (Wildman–Crippen LogP) is 7.01. The van der Waals surface area contributed by atoms with Crippen molar-refractivity contribution in [2.75, 3.05) is 0 Å². The summed E-state index contributed by atoms with van der Waals surface area (Å²) in [5.41, 5.74) is -2.32. The van der Waals surface area contributed by atoms with Crippen molar-refractivity contribution in [3.63, 3.8) is 0 Å². The molecule has 0 amide bonds. The minimum Gasteiger partial charge on any atom is -0.494 e. The number of aromatic nitrogens is 3. The van der Waals surface area contributed by atoms with E-state index in [1.165, 1.54) is 29.7 Å². The molecule has 1 atom stereocenters. The molecule has 6 nitrogen and oxygen atoms in total. The van der Waals surface area contributed by atoms with Crippen molar-refractivity contribution >= 4 is 23.4 Å². The standard InChI is InChI=1S/C23H14ClF5N4O2S/c1-22(31-16(34)10-36-22)18-19(17-14(24)6-3-7-15(17)26)32-35-20(18)13-9-30-33(21(13)23(27,28)29)12-5-2-4-11(25)8-12/h2-10,31,34H,1H3/t22-/m0/s1. The predicted molar refractivity (Wildman–Crippen MR) is 123 cm³/mol. The van der Waals surface area contributed by atoms with Crippen molar-refractivity contribution in [2.45, 2.75) is 18.0 Å². The second-order valence-electron chi connectivity index (χ2n) is 7.91. The molecule has 0 spiro atoms. The van der Waals surface area contributed by atoms with Crippen molar-refractivity contribution in [2.24, 2.45) is 0 Å². The SMILES string of the molecule is C[C@]1(c2c(-c3c(F)cccc3Cl)noc2-c2cnn(-c3cccc(F)c3)c2C(F)(F)F)NC(O)=CS1. The molecule has 1 aliphatic heterocycles. The van der Waals surface area contributed by atoms with Crippen molar-refractivity contribution in [3.05, 3.63) is 87.9 Å². The molecule has 36 heavy (non-hydrogen) atoms. The first kappa shape index (κ1) is 24.2. The maximum Gasteiger partial charge on any atom is 0.434 e. The molecule has 2 aromatic carbocycles. The van der Waals surface area contributed by atoms with Gasteiger partial charge in [0.15, 0.2) is 17.3 Å². The van der Waals surface area contributed by atoms with E-state index in [1.807, 2.05) is 0 Å². The molecule has 0 saturated carbocycles. The minimum atomic E-state index is -4.96. The molecule has 2 aromatic heterocycles. The Hall–Kier alpha value is -3.51. The molecule has 13 heteroatoms. The van der Waals surface area contributed by atoms with Crippen LogP contribution in [0.5, 0.6) is 0 Å². The third-order valence-electron chi connectivity index (χ3n) is 5.48. The van der Waals surface area contributed by atoms with Crippen LogP contribution in [0.15, 0.2) is 64.5 Å². The maximum atomic E-state index is 14.9. The number of hydrogen-bond acceptors (Lipinski definition) is 6. The number of halogens is 6. The highest BCUT2D eigenvalue weighted by Crippen LogP contribution is 2.51. The van der Waals surface area contributed by atoms with Crippen LogP contribution in [0.1, 0.15) is 18.2 Å². The molecular formula is C23H14ClF5N4O2S.